The number of aromatic nitrogens is 2. The van der Waals surface area contributed by atoms with E-state index in [2.05, 4.69) is 28.0 Å². The van der Waals surface area contributed by atoms with E-state index in [1.165, 1.54) is 12.8 Å². The molecule has 0 amide bonds. The van der Waals surface area contributed by atoms with Crippen LogP contribution in [0, 0.1) is 5.92 Å². The Morgan fingerprint density at radius 3 is 2.65 bits per heavy atom. The van der Waals surface area contributed by atoms with E-state index in [4.69, 9.17) is 0 Å². The summed E-state index contributed by atoms with van der Waals surface area (Å²) in [4.78, 5) is 12.2. The summed E-state index contributed by atoms with van der Waals surface area (Å²) in [6.45, 7) is 2.08. The van der Waals surface area contributed by atoms with Gasteiger partial charge in [0.15, 0.2) is 0 Å². The number of rotatable bonds is 4. The lowest BCUT2D eigenvalue weighted by Crippen LogP contribution is -2.15. The molecule has 2 rings (SSSR count). The van der Waals surface area contributed by atoms with Crippen LogP contribution in [0.2, 0.25) is 0 Å². The standard InChI is InChI=1S/C13H19BrN2O/c1-3-10-13(14)11(16(2)15-10)8-12(17)9-6-4-5-7-9/h9H,3-8H2,1-2H3. The second-order valence-electron chi connectivity index (χ2n) is 4.81. The van der Waals surface area contributed by atoms with Crippen LogP contribution in [0.5, 0.6) is 0 Å². The molecule has 0 atom stereocenters. The molecule has 1 saturated carbocycles. The van der Waals surface area contributed by atoms with Crippen molar-refractivity contribution < 1.29 is 4.79 Å². The van der Waals surface area contributed by atoms with E-state index < -0.39 is 0 Å². The highest BCUT2D eigenvalue weighted by Gasteiger charge is 2.25. The highest BCUT2D eigenvalue weighted by Crippen LogP contribution is 2.28. The minimum atomic E-state index is 0.293. The molecule has 1 fully saturated rings. The highest BCUT2D eigenvalue weighted by atomic mass is 79.9. The third-order valence-corrected chi connectivity index (χ3v) is 4.57. The van der Waals surface area contributed by atoms with Gasteiger partial charge < -0.3 is 0 Å². The average molecular weight is 299 g/mol. The summed E-state index contributed by atoms with van der Waals surface area (Å²) in [6.07, 6.45) is 6.00. The average Bonchev–Trinajstić information content (AvgIpc) is 2.92. The van der Waals surface area contributed by atoms with Gasteiger partial charge in [0, 0.05) is 19.4 Å². The molecule has 4 heteroatoms. The van der Waals surface area contributed by atoms with Crippen molar-refractivity contribution in [2.24, 2.45) is 13.0 Å². The van der Waals surface area contributed by atoms with E-state index in [1.807, 2.05) is 11.7 Å². The summed E-state index contributed by atoms with van der Waals surface area (Å²) < 4.78 is 2.87. The molecular formula is C13H19BrN2O. The lowest BCUT2D eigenvalue weighted by atomic mass is 9.99. The fourth-order valence-electron chi connectivity index (χ4n) is 2.57. The molecule has 0 saturated heterocycles. The van der Waals surface area contributed by atoms with Gasteiger partial charge in [0.25, 0.3) is 0 Å². The Morgan fingerprint density at radius 2 is 2.12 bits per heavy atom. The van der Waals surface area contributed by atoms with Crippen molar-refractivity contribution >= 4 is 21.7 Å². The summed E-state index contributed by atoms with van der Waals surface area (Å²) in [5, 5.41) is 4.43. The van der Waals surface area contributed by atoms with E-state index in [0.717, 1.165) is 35.1 Å². The van der Waals surface area contributed by atoms with Crippen molar-refractivity contribution in [2.45, 2.75) is 45.4 Å². The van der Waals surface area contributed by atoms with Crippen molar-refractivity contribution in [1.29, 1.82) is 0 Å². The SMILES string of the molecule is CCc1nn(C)c(CC(=O)C2CCCC2)c1Br. The molecular weight excluding hydrogens is 280 g/mol. The molecule has 0 aliphatic heterocycles. The fourth-order valence-corrected chi connectivity index (χ4v) is 3.33. The van der Waals surface area contributed by atoms with Gasteiger partial charge in [-0.25, -0.2) is 0 Å². The molecule has 0 radical (unpaired) electrons. The van der Waals surface area contributed by atoms with Gasteiger partial charge in [0.2, 0.25) is 0 Å². The van der Waals surface area contributed by atoms with Crippen LogP contribution in [-0.4, -0.2) is 15.6 Å². The van der Waals surface area contributed by atoms with Crippen LogP contribution in [-0.2, 0) is 24.7 Å². The van der Waals surface area contributed by atoms with Crippen LogP contribution < -0.4 is 0 Å². The van der Waals surface area contributed by atoms with Gasteiger partial charge in [-0.15, -0.1) is 0 Å². The van der Waals surface area contributed by atoms with Crippen LogP contribution in [0.1, 0.15) is 44.0 Å². The fraction of sp³-hybridized carbons (Fsp3) is 0.692. The van der Waals surface area contributed by atoms with E-state index >= 15 is 0 Å². The zero-order chi connectivity index (χ0) is 12.4. The molecule has 0 spiro atoms. The minimum Gasteiger partial charge on any atom is -0.299 e. The molecule has 0 N–H and O–H groups in total. The van der Waals surface area contributed by atoms with Crippen LogP contribution in [0.3, 0.4) is 0 Å². The van der Waals surface area contributed by atoms with Gasteiger partial charge in [-0.3, -0.25) is 9.48 Å². The number of nitrogens with zero attached hydrogens (tertiary/aromatic N) is 2. The van der Waals surface area contributed by atoms with Crippen LogP contribution in [0.25, 0.3) is 0 Å². The maximum absolute atomic E-state index is 12.2. The lowest BCUT2D eigenvalue weighted by molar-refractivity contribution is -0.122. The monoisotopic (exact) mass is 298 g/mol. The van der Waals surface area contributed by atoms with Crippen molar-refractivity contribution in [2.75, 3.05) is 0 Å². The molecule has 0 unspecified atom stereocenters. The normalized spacial score (nSPS) is 16.6. The summed E-state index contributed by atoms with van der Waals surface area (Å²) in [5.41, 5.74) is 2.07. The van der Waals surface area contributed by atoms with Gasteiger partial charge in [-0.2, -0.15) is 5.10 Å². The zero-order valence-electron chi connectivity index (χ0n) is 10.5. The first-order chi connectivity index (χ1) is 8.13. The summed E-state index contributed by atoms with van der Waals surface area (Å²) in [6, 6.07) is 0. The van der Waals surface area contributed by atoms with Gasteiger partial charge in [-0.1, -0.05) is 19.8 Å². The highest BCUT2D eigenvalue weighted by molar-refractivity contribution is 9.10. The number of Topliss-reactive ketones (excluding diaryl/α,β-unsaturated/α-hetero) is 1. The first-order valence-electron chi connectivity index (χ1n) is 6.36. The summed E-state index contributed by atoms with van der Waals surface area (Å²) in [5.74, 6) is 0.677. The predicted octanol–water partition coefficient (Wildman–Crippen LogP) is 3.05. The van der Waals surface area contributed by atoms with Crippen LogP contribution in [0.15, 0.2) is 4.47 Å². The molecule has 1 aliphatic rings. The van der Waals surface area contributed by atoms with Crippen molar-refractivity contribution in [3.05, 3.63) is 15.9 Å². The van der Waals surface area contributed by atoms with Gasteiger partial charge in [-0.05, 0) is 35.2 Å². The Kier molecular flexibility index (Phi) is 4.02. The Hall–Kier alpha value is -0.640. The van der Waals surface area contributed by atoms with Gasteiger partial charge in [0.1, 0.15) is 5.78 Å². The molecule has 0 bridgehead atoms. The minimum absolute atomic E-state index is 0.293. The Bertz CT molecular complexity index is 419. The molecule has 0 aromatic carbocycles. The summed E-state index contributed by atoms with van der Waals surface area (Å²) in [7, 11) is 1.92. The number of ketones is 1. The van der Waals surface area contributed by atoms with Crippen molar-refractivity contribution in [3.8, 4) is 0 Å². The van der Waals surface area contributed by atoms with Crippen molar-refractivity contribution in [1.82, 2.24) is 9.78 Å². The number of hydrogen-bond acceptors (Lipinski definition) is 2. The molecule has 94 valence electrons. The molecule has 1 aliphatic carbocycles. The number of halogens is 1. The summed E-state index contributed by atoms with van der Waals surface area (Å²) >= 11 is 3.56. The number of carbonyl (C=O) groups excluding carboxylic acids is 1. The quantitative estimate of drug-likeness (QED) is 0.856. The third-order valence-electron chi connectivity index (χ3n) is 3.66. The molecule has 3 nitrogen and oxygen atoms in total. The van der Waals surface area contributed by atoms with E-state index in [9.17, 15) is 4.79 Å². The predicted molar refractivity (Wildman–Crippen MR) is 71.0 cm³/mol. The first-order valence-corrected chi connectivity index (χ1v) is 7.15. The van der Waals surface area contributed by atoms with Gasteiger partial charge >= 0.3 is 0 Å². The topological polar surface area (TPSA) is 34.9 Å². The lowest BCUT2D eigenvalue weighted by Gasteiger charge is -2.08. The maximum Gasteiger partial charge on any atom is 0.141 e. The van der Waals surface area contributed by atoms with Crippen LogP contribution >= 0.6 is 15.9 Å². The van der Waals surface area contributed by atoms with E-state index in [-0.39, 0.29) is 0 Å². The van der Waals surface area contributed by atoms with E-state index in [1.54, 1.807) is 0 Å². The van der Waals surface area contributed by atoms with E-state index in [0.29, 0.717) is 18.1 Å². The molecule has 1 heterocycles. The molecule has 1 aromatic rings. The molecule has 17 heavy (non-hydrogen) atoms. The number of hydrogen-bond donors (Lipinski definition) is 0. The third kappa shape index (κ3) is 2.62. The Labute approximate surface area is 111 Å². The maximum atomic E-state index is 12.2. The van der Waals surface area contributed by atoms with Gasteiger partial charge in [0.05, 0.1) is 15.9 Å². The second-order valence-corrected chi connectivity index (χ2v) is 5.60. The van der Waals surface area contributed by atoms with Crippen LogP contribution in [0.4, 0.5) is 0 Å². The number of carbonyl (C=O) groups is 1. The first kappa shape index (κ1) is 12.8. The molecule has 1 aromatic heterocycles. The Morgan fingerprint density at radius 1 is 1.47 bits per heavy atom. The second kappa shape index (κ2) is 5.34. The smallest absolute Gasteiger partial charge is 0.141 e. The largest absolute Gasteiger partial charge is 0.299 e. The van der Waals surface area contributed by atoms with Crippen molar-refractivity contribution in [3.63, 3.8) is 0 Å². The zero-order valence-corrected chi connectivity index (χ0v) is 12.1. The number of aryl methyl sites for hydroxylation is 2. The Balaban J connectivity index is 2.12.